The quantitative estimate of drug-likeness (QED) is 0.340. The first kappa shape index (κ1) is 20.4. The highest BCUT2D eigenvalue weighted by molar-refractivity contribution is 6.30. The summed E-state index contributed by atoms with van der Waals surface area (Å²) in [7, 11) is 0. The molecule has 154 valence electrons. The summed E-state index contributed by atoms with van der Waals surface area (Å²) in [4.78, 5) is 15.7. The van der Waals surface area contributed by atoms with Crippen molar-refractivity contribution in [2.75, 3.05) is 0 Å². The van der Waals surface area contributed by atoms with E-state index >= 15 is 0 Å². The Kier molecular flexibility index (Phi) is 5.82. The standard InChI is InChI=1S/C24H15ClFNO4/c25-17-5-1-15(2-6-17)22-13-21(31-24(28)29)14-23(27-22)16-3-9-19(10-4-16)30-20-11-7-18(26)8-12-20/h1-14H,(H,28,29). The van der Waals surface area contributed by atoms with Crippen LogP contribution in [-0.4, -0.2) is 16.2 Å². The maximum absolute atomic E-state index is 13.0. The highest BCUT2D eigenvalue weighted by Gasteiger charge is 2.11. The second-order valence-corrected chi connectivity index (χ2v) is 6.96. The molecule has 0 saturated carbocycles. The molecule has 1 aromatic heterocycles. The average molecular weight is 436 g/mol. The molecule has 0 aliphatic rings. The number of nitrogens with zero attached hydrogens (tertiary/aromatic N) is 1. The van der Waals surface area contributed by atoms with Crippen molar-refractivity contribution in [1.29, 1.82) is 0 Å². The molecule has 1 heterocycles. The minimum Gasteiger partial charge on any atom is -0.457 e. The van der Waals surface area contributed by atoms with Crippen molar-refractivity contribution in [2.24, 2.45) is 0 Å². The first-order valence-corrected chi connectivity index (χ1v) is 9.57. The Morgan fingerprint density at radius 1 is 0.774 bits per heavy atom. The maximum Gasteiger partial charge on any atom is 0.511 e. The molecule has 0 amide bonds. The summed E-state index contributed by atoms with van der Waals surface area (Å²) in [5.74, 6) is 0.878. The van der Waals surface area contributed by atoms with Gasteiger partial charge >= 0.3 is 6.16 Å². The van der Waals surface area contributed by atoms with Crippen LogP contribution < -0.4 is 9.47 Å². The van der Waals surface area contributed by atoms with Gasteiger partial charge in [-0.15, -0.1) is 0 Å². The fraction of sp³-hybridized carbons (Fsp3) is 0. The summed E-state index contributed by atoms with van der Waals surface area (Å²) >= 11 is 5.95. The van der Waals surface area contributed by atoms with Gasteiger partial charge in [0.2, 0.25) is 0 Å². The molecule has 0 radical (unpaired) electrons. The van der Waals surface area contributed by atoms with Gasteiger partial charge in [0, 0.05) is 28.3 Å². The first-order chi connectivity index (χ1) is 15.0. The molecule has 1 N–H and O–H groups in total. The van der Waals surface area contributed by atoms with Crippen LogP contribution >= 0.6 is 11.6 Å². The molecular weight excluding hydrogens is 421 g/mol. The van der Waals surface area contributed by atoms with Crippen molar-refractivity contribution in [1.82, 2.24) is 4.98 Å². The van der Waals surface area contributed by atoms with E-state index in [1.807, 2.05) is 0 Å². The second-order valence-electron chi connectivity index (χ2n) is 6.53. The zero-order valence-electron chi connectivity index (χ0n) is 16.0. The van der Waals surface area contributed by atoms with Gasteiger partial charge < -0.3 is 14.6 Å². The molecule has 4 rings (SSSR count). The minimum absolute atomic E-state index is 0.147. The van der Waals surface area contributed by atoms with Gasteiger partial charge in [-0.3, -0.25) is 0 Å². The molecule has 0 aliphatic carbocycles. The third-order valence-electron chi connectivity index (χ3n) is 4.34. The van der Waals surface area contributed by atoms with Gasteiger partial charge in [-0.05, 0) is 60.7 Å². The van der Waals surface area contributed by atoms with Crippen LogP contribution in [0.2, 0.25) is 5.02 Å². The SMILES string of the molecule is O=C(O)Oc1cc(-c2ccc(Cl)cc2)nc(-c2ccc(Oc3ccc(F)cc3)cc2)c1. The van der Waals surface area contributed by atoms with E-state index in [-0.39, 0.29) is 11.6 Å². The summed E-state index contributed by atoms with van der Waals surface area (Å²) in [6.07, 6.45) is -1.41. The van der Waals surface area contributed by atoms with Gasteiger partial charge in [0.05, 0.1) is 11.4 Å². The van der Waals surface area contributed by atoms with Gasteiger partial charge in [0.25, 0.3) is 0 Å². The lowest BCUT2D eigenvalue weighted by molar-refractivity contribution is 0.144. The number of aromatic nitrogens is 1. The predicted octanol–water partition coefficient (Wildman–Crippen LogP) is 7.06. The number of halogens is 2. The largest absolute Gasteiger partial charge is 0.511 e. The lowest BCUT2D eigenvalue weighted by Gasteiger charge is -2.10. The topological polar surface area (TPSA) is 68.7 Å². The lowest BCUT2D eigenvalue weighted by Crippen LogP contribution is -2.04. The van der Waals surface area contributed by atoms with Crippen LogP contribution in [0.15, 0.2) is 84.9 Å². The third-order valence-corrected chi connectivity index (χ3v) is 4.60. The molecule has 0 fully saturated rings. The summed E-state index contributed by atoms with van der Waals surface area (Å²) in [6.45, 7) is 0. The molecule has 7 heteroatoms. The fourth-order valence-electron chi connectivity index (χ4n) is 2.91. The molecule has 0 atom stereocenters. The Hall–Kier alpha value is -3.90. The normalized spacial score (nSPS) is 10.5. The van der Waals surface area contributed by atoms with Crippen molar-refractivity contribution in [3.8, 4) is 39.8 Å². The number of hydrogen-bond donors (Lipinski definition) is 1. The smallest absolute Gasteiger partial charge is 0.457 e. The summed E-state index contributed by atoms with van der Waals surface area (Å²) in [6, 6.07) is 22.9. The molecule has 3 aromatic carbocycles. The van der Waals surface area contributed by atoms with E-state index in [4.69, 9.17) is 26.2 Å². The fourth-order valence-corrected chi connectivity index (χ4v) is 3.04. The second kappa shape index (κ2) is 8.85. The van der Waals surface area contributed by atoms with Crippen molar-refractivity contribution >= 4 is 17.8 Å². The van der Waals surface area contributed by atoms with E-state index in [2.05, 4.69) is 4.98 Å². The monoisotopic (exact) mass is 435 g/mol. The van der Waals surface area contributed by atoms with Crippen molar-refractivity contribution in [3.63, 3.8) is 0 Å². The minimum atomic E-state index is -1.41. The molecule has 0 bridgehead atoms. The highest BCUT2D eigenvalue weighted by atomic mass is 35.5. The summed E-state index contributed by atoms with van der Waals surface area (Å²) in [5, 5.41) is 9.60. The first-order valence-electron chi connectivity index (χ1n) is 9.19. The van der Waals surface area contributed by atoms with Crippen molar-refractivity contribution in [3.05, 3.63) is 95.8 Å². The van der Waals surface area contributed by atoms with Crippen LogP contribution in [0.3, 0.4) is 0 Å². The van der Waals surface area contributed by atoms with E-state index in [9.17, 15) is 9.18 Å². The van der Waals surface area contributed by atoms with Crippen molar-refractivity contribution in [2.45, 2.75) is 0 Å². The van der Waals surface area contributed by atoms with E-state index in [0.29, 0.717) is 27.9 Å². The number of carboxylic acid groups (broad SMARTS) is 1. The van der Waals surface area contributed by atoms with Crippen molar-refractivity contribution < 1.29 is 23.8 Å². The van der Waals surface area contributed by atoms with Crippen LogP contribution in [0.4, 0.5) is 9.18 Å². The Morgan fingerprint density at radius 2 is 1.26 bits per heavy atom. The Morgan fingerprint density at radius 3 is 1.77 bits per heavy atom. The van der Waals surface area contributed by atoms with E-state index in [0.717, 1.165) is 11.1 Å². The van der Waals surface area contributed by atoms with Crippen LogP contribution in [0.5, 0.6) is 17.2 Å². The van der Waals surface area contributed by atoms with Crippen LogP contribution in [0.1, 0.15) is 0 Å². The van der Waals surface area contributed by atoms with E-state index < -0.39 is 6.16 Å². The summed E-state index contributed by atoms with van der Waals surface area (Å²) < 4.78 is 23.6. The number of ether oxygens (including phenoxy) is 2. The molecule has 0 saturated heterocycles. The van der Waals surface area contributed by atoms with E-state index in [1.54, 1.807) is 60.7 Å². The Balaban J connectivity index is 1.65. The van der Waals surface area contributed by atoms with Gasteiger partial charge in [-0.2, -0.15) is 0 Å². The number of carbonyl (C=O) groups is 1. The molecule has 4 aromatic rings. The van der Waals surface area contributed by atoms with Crippen LogP contribution in [-0.2, 0) is 0 Å². The Labute approximate surface area is 182 Å². The molecule has 5 nitrogen and oxygen atoms in total. The summed E-state index contributed by atoms with van der Waals surface area (Å²) in [5.41, 5.74) is 2.56. The number of benzene rings is 3. The zero-order chi connectivity index (χ0) is 21.8. The predicted molar refractivity (Wildman–Crippen MR) is 115 cm³/mol. The molecule has 0 aliphatic heterocycles. The molecule has 31 heavy (non-hydrogen) atoms. The molecule has 0 spiro atoms. The van der Waals surface area contributed by atoms with Gasteiger partial charge in [-0.25, -0.2) is 14.2 Å². The average Bonchev–Trinajstić information content (AvgIpc) is 2.76. The van der Waals surface area contributed by atoms with Gasteiger partial charge in [-0.1, -0.05) is 23.7 Å². The lowest BCUT2D eigenvalue weighted by atomic mass is 10.1. The number of hydrogen-bond acceptors (Lipinski definition) is 4. The highest BCUT2D eigenvalue weighted by Crippen LogP contribution is 2.31. The number of rotatable bonds is 5. The third kappa shape index (κ3) is 5.18. The molecule has 0 unspecified atom stereocenters. The number of pyridine rings is 1. The van der Waals surface area contributed by atoms with Gasteiger partial charge in [0.15, 0.2) is 0 Å². The zero-order valence-corrected chi connectivity index (χ0v) is 16.7. The Bertz CT molecular complexity index is 1210. The maximum atomic E-state index is 13.0. The molecular formula is C24H15ClFNO4. The van der Waals surface area contributed by atoms with Gasteiger partial charge in [0.1, 0.15) is 23.1 Å². The van der Waals surface area contributed by atoms with Crippen LogP contribution in [0.25, 0.3) is 22.5 Å². The van der Waals surface area contributed by atoms with Crippen LogP contribution in [0, 0.1) is 5.82 Å². The van der Waals surface area contributed by atoms with E-state index in [1.165, 1.54) is 24.3 Å².